The largest absolute Gasteiger partial charge is 0.368 e. The molecule has 0 saturated heterocycles. The third-order valence-electron chi connectivity index (χ3n) is 3.99. The fourth-order valence-corrected chi connectivity index (χ4v) is 2.96. The number of fused-ring (bicyclic) bond motifs is 1. The Kier molecular flexibility index (Phi) is 6.04. The van der Waals surface area contributed by atoms with E-state index >= 15 is 0 Å². The maximum atomic E-state index is 3.88. The van der Waals surface area contributed by atoms with E-state index in [1.165, 1.54) is 22.1 Å². The van der Waals surface area contributed by atoms with Crippen molar-refractivity contribution in [1.82, 2.24) is 0 Å². The van der Waals surface area contributed by atoms with Crippen LogP contribution in [0.15, 0.2) is 74.4 Å². The highest BCUT2D eigenvalue weighted by atomic mass is 15.1. The number of hydrogen-bond donors (Lipinski definition) is 0. The summed E-state index contributed by atoms with van der Waals surface area (Å²) in [6, 6.07) is 13.0. The molecule has 0 aliphatic heterocycles. The smallest absolute Gasteiger partial charge is 0.0452 e. The van der Waals surface area contributed by atoms with Crippen molar-refractivity contribution in [3.05, 3.63) is 74.4 Å². The van der Waals surface area contributed by atoms with Gasteiger partial charge in [-0.15, -0.1) is 19.7 Å². The van der Waals surface area contributed by atoms with Gasteiger partial charge in [-0.1, -0.05) is 42.5 Å². The first-order valence-corrected chi connectivity index (χ1v) is 8.11. The molecule has 0 atom stereocenters. The first-order valence-electron chi connectivity index (χ1n) is 8.11. The van der Waals surface area contributed by atoms with Gasteiger partial charge in [-0.3, -0.25) is 0 Å². The molecule has 0 amide bonds. The zero-order chi connectivity index (χ0) is 16.7. The fourth-order valence-electron chi connectivity index (χ4n) is 2.96. The van der Waals surface area contributed by atoms with Crippen molar-refractivity contribution in [2.24, 2.45) is 0 Å². The molecule has 0 aromatic heterocycles. The van der Waals surface area contributed by atoms with Gasteiger partial charge in [-0.05, 0) is 19.1 Å². The Balaban J connectivity index is 2.59. The summed E-state index contributed by atoms with van der Waals surface area (Å²) in [4.78, 5) is 4.63. The van der Waals surface area contributed by atoms with Crippen LogP contribution in [-0.2, 0) is 0 Å². The first-order chi connectivity index (χ1) is 11.3. The zero-order valence-corrected chi connectivity index (χ0v) is 14.0. The number of benzene rings is 2. The van der Waals surface area contributed by atoms with Gasteiger partial charge in [0.1, 0.15) is 0 Å². The van der Waals surface area contributed by atoms with E-state index in [4.69, 9.17) is 0 Å². The Hall–Kier alpha value is -2.48. The summed E-state index contributed by atoms with van der Waals surface area (Å²) >= 11 is 0. The maximum absolute atomic E-state index is 3.88. The molecule has 2 rings (SSSR count). The highest BCUT2D eigenvalue weighted by molar-refractivity contribution is 6.02. The highest BCUT2D eigenvalue weighted by Gasteiger charge is 2.12. The summed E-state index contributed by atoms with van der Waals surface area (Å²) in [5.74, 6) is 0. The van der Waals surface area contributed by atoms with Crippen molar-refractivity contribution >= 4 is 22.1 Å². The van der Waals surface area contributed by atoms with E-state index in [1.807, 2.05) is 18.2 Å². The minimum Gasteiger partial charge on any atom is -0.368 e. The molecule has 0 unspecified atom stereocenters. The van der Waals surface area contributed by atoms with Crippen molar-refractivity contribution in [3.63, 3.8) is 0 Å². The number of nitrogens with zero attached hydrogens (tertiary/aromatic N) is 2. The molecule has 0 fully saturated rings. The van der Waals surface area contributed by atoms with Crippen molar-refractivity contribution in [2.75, 3.05) is 36.0 Å². The van der Waals surface area contributed by atoms with E-state index in [-0.39, 0.29) is 0 Å². The van der Waals surface area contributed by atoms with Crippen LogP contribution in [0.2, 0.25) is 0 Å². The van der Waals surface area contributed by atoms with Gasteiger partial charge in [0, 0.05) is 48.3 Å². The van der Waals surface area contributed by atoms with Crippen LogP contribution in [0, 0.1) is 0 Å². The Morgan fingerprint density at radius 2 is 1.17 bits per heavy atom. The molecule has 2 heteroatoms. The lowest BCUT2D eigenvalue weighted by Crippen LogP contribution is -2.24. The van der Waals surface area contributed by atoms with Crippen LogP contribution in [0.3, 0.4) is 0 Å². The molecule has 0 radical (unpaired) electrons. The van der Waals surface area contributed by atoms with E-state index in [2.05, 4.69) is 72.9 Å². The van der Waals surface area contributed by atoms with Crippen LogP contribution in [0.25, 0.3) is 10.8 Å². The number of hydrogen-bond acceptors (Lipinski definition) is 2. The van der Waals surface area contributed by atoms with Crippen molar-refractivity contribution in [2.45, 2.75) is 6.92 Å². The topological polar surface area (TPSA) is 6.48 Å². The molecule has 0 bridgehead atoms. The first kappa shape index (κ1) is 16.9. The lowest BCUT2D eigenvalue weighted by Gasteiger charge is -2.27. The van der Waals surface area contributed by atoms with Gasteiger partial charge in [0.25, 0.3) is 0 Å². The molecule has 0 spiro atoms. The molecule has 0 aliphatic carbocycles. The van der Waals surface area contributed by atoms with Gasteiger partial charge < -0.3 is 9.80 Å². The van der Waals surface area contributed by atoms with E-state index in [0.29, 0.717) is 0 Å². The Bertz CT molecular complexity index is 677. The average Bonchev–Trinajstić information content (AvgIpc) is 2.58. The molecular weight excluding hydrogens is 280 g/mol. The van der Waals surface area contributed by atoms with Crippen LogP contribution in [-0.4, -0.2) is 26.2 Å². The van der Waals surface area contributed by atoms with Gasteiger partial charge in [0.2, 0.25) is 0 Å². The second kappa shape index (κ2) is 8.23. The van der Waals surface area contributed by atoms with Crippen molar-refractivity contribution in [1.29, 1.82) is 0 Å². The zero-order valence-electron chi connectivity index (χ0n) is 14.0. The highest BCUT2D eigenvalue weighted by Crippen LogP contribution is 2.33. The number of likely N-dealkylation sites (N-methyl/N-ethyl adjacent to an activating group) is 1. The van der Waals surface area contributed by atoms with Gasteiger partial charge >= 0.3 is 0 Å². The number of anilines is 2. The Labute approximate surface area is 140 Å². The van der Waals surface area contributed by atoms with Gasteiger partial charge in [0.05, 0.1) is 0 Å². The van der Waals surface area contributed by atoms with Gasteiger partial charge in [0.15, 0.2) is 0 Å². The third-order valence-corrected chi connectivity index (χ3v) is 3.99. The molecular formula is C21H26N2. The molecule has 0 saturated carbocycles. The van der Waals surface area contributed by atoms with E-state index in [1.54, 1.807) is 0 Å². The van der Waals surface area contributed by atoms with Crippen LogP contribution >= 0.6 is 0 Å². The molecule has 23 heavy (non-hydrogen) atoms. The quantitative estimate of drug-likeness (QED) is 0.599. The van der Waals surface area contributed by atoms with Crippen LogP contribution in [0.5, 0.6) is 0 Å². The van der Waals surface area contributed by atoms with Gasteiger partial charge in [-0.2, -0.15) is 0 Å². The van der Waals surface area contributed by atoms with Crippen LogP contribution in [0.1, 0.15) is 6.92 Å². The van der Waals surface area contributed by atoms with Crippen LogP contribution in [0.4, 0.5) is 11.4 Å². The molecule has 120 valence electrons. The average molecular weight is 306 g/mol. The molecule has 0 aliphatic rings. The fraction of sp³-hybridized carbons (Fsp3) is 0.238. The third kappa shape index (κ3) is 3.65. The molecule has 0 heterocycles. The van der Waals surface area contributed by atoms with E-state index in [0.717, 1.165) is 26.2 Å². The Morgan fingerprint density at radius 3 is 1.61 bits per heavy atom. The Morgan fingerprint density at radius 1 is 0.739 bits per heavy atom. The summed E-state index contributed by atoms with van der Waals surface area (Å²) < 4.78 is 0. The SMILES string of the molecule is C=CCN(CC)c1cccc2c(N(CC=C)CC=C)cccc12. The summed E-state index contributed by atoms with van der Waals surface area (Å²) in [6.07, 6.45) is 5.82. The normalized spacial score (nSPS) is 10.3. The number of rotatable bonds is 9. The summed E-state index contributed by atoms with van der Waals surface area (Å²) in [5.41, 5.74) is 2.47. The summed E-state index contributed by atoms with van der Waals surface area (Å²) in [6.45, 7) is 17.2. The lowest BCUT2D eigenvalue weighted by atomic mass is 10.0. The van der Waals surface area contributed by atoms with E-state index in [9.17, 15) is 0 Å². The van der Waals surface area contributed by atoms with Crippen molar-refractivity contribution < 1.29 is 0 Å². The second-order valence-electron chi connectivity index (χ2n) is 5.46. The van der Waals surface area contributed by atoms with E-state index < -0.39 is 0 Å². The molecule has 2 aromatic carbocycles. The van der Waals surface area contributed by atoms with Crippen molar-refractivity contribution in [3.8, 4) is 0 Å². The predicted molar refractivity (Wildman–Crippen MR) is 105 cm³/mol. The minimum atomic E-state index is 0.805. The monoisotopic (exact) mass is 306 g/mol. The standard InChI is InChI=1S/C21H26N2/c1-5-15-22(8-4)20-13-9-12-19-18(20)11-10-14-21(19)23(16-6-2)17-7-3/h5-7,9-14H,1-3,8,15-17H2,4H3. The molecule has 2 aromatic rings. The molecule has 0 N–H and O–H groups in total. The van der Waals surface area contributed by atoms with Crippen LogP contribution < -0.4 is 9.80 Å². The molecule has 2 nitrogen and oxygen atoms in total. The minimum absolute atomic E-state index is 0.805. The maximum Gasteiger partial charge on any atom is 0.0452 e. The lowest BCUT2D eigenvalue weighted by molar-refractivity contribution is 0.911. The predicted octanol–water partition coefficient (Wildman–Crippen LogP) is 5.03. The second-order valence-corrected chi connectivity index (χ2v) is 5.46. The summed E-state index contributed by atoms with van der Waals surface area (Å²) in [5, 5.41) is 2.53. The van der Waals surface area contributed by atoms with Gasteiger partial charge in [-0.25, -0.2) is 0 Å². The summed E-state index contributed by atoms with van der Waals surface area (Å²) in [7, 11) is 0.